The molecule has 0 aliphatic carbocycles. The molecule has 2 atom stereocenters. The fourth-order valence-corrected chi connectivity index (χ4v) is 2.09. The fraction of sp³-hybridized carbons (Fsp3) is 0.467. The van der Waals surface area contributed by atoms with E-state index < -0.39 is 17.8 Å². The molecule has 1 aromatic carbocycles. The quantitative estimate of drug-likeness (QED) is 0.669. The molecule has 0 radical (unpaired) electrons. The summed E-state index contributed by atoms with van der Waals surface area (Å²) in [5.74, 6) is -2.08. The highest BCUT2D eigenvalue weighted by Gasteiger charge is 2.22. The normalized spacial score (nSPS) is 13.5. The van der Waals surface area contributed by atoms with Crippen molar-refractivity contribution in [2.45, 2.75) is 25.7 Å². The summed E-state index contributed by atoms with van der Waals surface area (Å²) >= 11 is 0. The van der Waals surface area contributed by atoms with Crippen molar-refractivity contribution >= 4 is 11.9 Å². The summed E-state index contributed by atoms with van der Waals surface area (Å²) in [6.45, 7) is 2.26. The second-order valence-electron chi connectivity index (χ2n) is 4.77. The van der Waals surface area contributed by atoms with Gasteiger partial charge >= 0.3 is 5.97 Å². The van der Waals surface area contributed by atoms with Crippen LogP contribution in [0.1, 0.15) is 31.2 Å². The molecule has 0 saturated heterocycles. The zero-order valence-electron chi connectivity index (χ0n) is 11.7. The molecule has 1 aromatic rings. The van der Waals surface area contributed by atoms with E-state index in [4.69, 9.17) is 10.8 Å². The van der Waals surface area contributed by atoms with E-state index in [9.17, 15) is 9.59 Å². The summed E-state index contributed by atoms with van der Waals surface area (Å²) < 4.78 is 0. The molecule has 1 rings (SSSR count). The number of hydrogen-bond donors (Lipinski definition) is 3. The van der Waals surface area contributed by atoms with Crippen LogP contribution < -0.4 is 11.1 Å². The largest absolute Gasteiger partial charge is 0.481 e. The van der Waals surface area contributed by atoms with E-state index in [-0.39, 0.29) is 19.0 Å². The van der Waals surface area contributed by atoms with E-state index in [2.05, 4.69) is 5.32 Å². The van der Waals surface area contributed by atoms with Gasteiger partial charge in [-0.05, 0) is 12.0 Å². The van der Waals surface area contributed by atoms with Gasteiger partial charge in [0, 0.05) is 13.1 Å². The second kappa shape index (κ2) is 8.32. The maximum atomic E-state index is 12.1. The summed E-state index contributed by atoms with van der Waals surface area (Å²) in [5.41, 5.74) is 6.50. The van der Waals surface area contributed by atoms with Gasteiger partial charge in [0.25, 0.3) is 0 Å². The van der Waals surface area contributed by atoms with Gasteiger partial charge in [0.05, 0.1) is 11.8 Å². The monoisotopic (exact) mass is 278 g/mol. The summed E-state index contributed by atoms with van der Waals surface area (Å²) in [6, 6.07) is 9.26. The van der Waals surface area contributed by atoms with Crippen molar-refractivity contribution in [2.75, 3.05) is 13.1 Å². The molecule has 0 bridgehead atoms. The topological polar surface area (TPSA) is 92.4 Å². The van der Waals surface area contributed by atoms with E-state index in [0.29, 0.717) is 6.42 Å². The fourth-order valence-electron chi connectivity index (χ4n) is 2.09. The number of nitrogens with two attached hydrogens (primary N) is 1. The molecule has 110 valence electrons. The molecule has 5 heteroatoms. The molecule has 0 aliphatic rings. The molecule has 0 heterocycles. The summed E-state index contributed by atoms with van der Waals surface area (Å²) in [6.07, 6.45) is 1.32. The maximum absolute atomic E-state index is 12.1. The first kappa shape index (κ1) is 16.2. The molecule has 0 aliphatic heterocycles. The van der Waals surface area contributed by atoms with Crippen LogP contribution in [-0.2, 0) is 9.59 Å². The Kier molecular flexibility index (Phi) is 6.73. The standard InChI is InChI=1S/C15H22N2O3/c1-2-6-12(15(19)20)10-17-14(18)13(9-16)11-7-4-3-5-8-11/h3-5,7-8,12-13H,2,6,9-10,16H2,1H3,(H,17,18)(H,19,20). The van der Waals surface area contributed by atoms with E-state index in [1.165, 1.54) is 0 Å². The minimum absolute atomic E-state index is 0.144. The van der Waals surface area contributed by atoms with Crippen molar-refractivity contribution in [2.24, 2.45) is 11.7 Å². The second-order valence-corrected chi connectivity index (χ2v) is 4.77. The third kappa shape index (κ3) is 4.66. The number of carbonyl (C=O) groups excluding carboxylic acids is 1. The van der Waals surface area contributed by atoms with Gasteiger partial charge in [-0.15, -0.1) is 0 Å². The first-order valence-electron chi connectivity index (χ1n) is 6.85. The third-order valence-corrected chi connectivity index (χ3v) is 3.26. The van der Waals surface area contributed by atoms with Gasteiger partial charge in [0.1, 0.15) is 0 Å². The third-order valence-electron chi connectivity index (χ3n) is 3.26. The Bertz CT molecular complexity index is 434. The van der Waals surface area contributed by atoms with Gasteiger partial charge < -0.3 is 16.2 Å². The number of amides is 1. The van der Waals surface area contributed by atoms with E-state index >= 15 is 0 Å². The summed E-state index contributed by atoms with van der Waals surface area (Å²) in [4.78, 5) is 23.2. The lowest BCUT2D eigenvalue weighted by Crippen LogP contribution is -2.38. The molecule has 1 amide bonds. The Morgan fingerprint density at radius 3 is 2.45 bits per heavy atom. The summed E-state index contributed by atoms with van der Waals surface area (Å²) in [5, 5.41) is 11.8. The van der Waals surface area contributed by atoms with Crippen LogP contribution >= 0.6 is 0 Å². The molecule has 4 N–H and O–H groups in total. The highest BCUT2D eigenvalue weighted by molar-refractivity contribution is 5.84. The van der Waals surface area contributed by atoms with Crippen LogP contribution in [0.15, 0.2) is 30.3 Å². The lowest BCUT2D eigenvalue weighted by Gasteiger charge is -2.17. The number of rotatable bonds is 8. The number of carboxylic acids is 1. The average Bonchev–Trinajstić information content (AvgIpc) is 2.45. The van der Waals surface area contributed by atoms with Gasteiger partial charge in [0.2, 0.25) is 5.91 Å². The molecule has 0 fully saturated rings. The van der Waals surface area contributed by atoms with E-state index in [1.807, 2.05) is 37.3 Å². The van der Waals surface area contributed by atoms with Crippen LogP contribution in [0.4, 0.5) is 0 Å². The van der Waals surface area contributed by atoms with Gasteiger partial charge in [-0.1, -0.05) is 43.7 Å². The molecule has 5 nitrogen and oxygen atoms in total. The minimum Gasteiger partial charge on any atom is -0.481 e. The number of hydrogen-bond acceptors (Lipinski definition) is 3. The highest BCUT2D eigenvalue weighted by atomic mass is 16.4. The lowest BCUT2D eigenvalue weighted by molar-refractivity contribution is -0.142. The first-order chi connectivity index (χ1) is 9.60. The number of aliphatic carboxylic acids is 1. The molecular formula is C15H22N2O3. The molecule has 0 aromatic heterocycles. The van der Waals surface area contributed by atoms with Crippen molar-refractivity contribution in [3.05, 3.63) is 35.9 Å². The Hall–Kier alpha value is -1.88. The number of carbonyl (C=O) groups is 2. The van der Waals surface area contributed by atoms with E-state index in [0.717, 1.165) is 12.0 Å². The van der Waals surface area contributed by atoms with Crippen LogP contribution in [-0.4, -0.2) is 30.1 Å². The Morgan fingerprint density at radius 1 is 1.30 bits per heavy atom. The molecule has 2 unspecified atom stereocenters. The zero-order valence-corrected chi connectivity index (χ0v) is 11.7. The lowest BCUT2D eigenvalue weighted by atomic mass is 9.97. The van der Waals surface area contributed by atoms with Crippen molar-refractivity contribution in [1.29, 1.82) is 0 Å². The first-order valence-corrected chi connectivity index (χ1v) is 6.85. The minimum atomic E-state index is -0.879. The number of benzene rings is 1. The van der Waals surface area contributed by atoms with Crippen LogP contribution in [0.5, 0.6) is 0 Å². The smallest absolute Gasteiger partial charge is 0.308 e. The van der Waals surface area contributed by atoms with Gasteiger partial charge in [-0.25, -0.2) is 0 Å². The molecule has 0 spiro atoms. The number of nitrogens with one attached hydrogen (secondary N) is 1. The molecular weight excluding hydrogens is 256 g/mol. The average molecular weight is 278 g/mol. The van der Waals surface area contributed by atoms with E-state index in [1.54, 1.807) is 0 Å². The zero-order chi connectivity index (χ0) is 15.0. The van der Waals surface area contributed by atoms with Crippen LogP contribution in [0.2, 0.25) is 0 Å². The van der Waals surface area contributed by atoms with Gasteiger partial charge in [-0.3, -0.25) is 9.59 Å². The van der Waals surface area contributed by atoms with Crippen molar-refractivity contribution < 1.29 is 14.7 Å². The van der Waals surface area contributed by atoms with Crippen molar-refractivity contribution in [3.8, 4) is 0 Å². The summed E-state index contributed by atoms with van der Waals surface area (Å²) in [7, 11) is 0. The van der Waals surface area contributed by atoms with Gasteiger partial charge in [0.15, 0.2) is 0 Å². The highest BCUT2D eigenvalue weighted by Crippen LogP contribution is 2.14. The number of carboxylic acid groups (broad SMARTS) is 1. The molecule has 0 saturated carbocycles. The van der Waals surface area contributed by atoms with Crippen molar-refractivity contribution in [3.63, 3.8) is 0 Å². The predicted molar refractivity (Wildman–Crippen MR) is 77.3 cm³/mol. The van der Waals surface area contributed by atoms with Gasteiger partial charge in [-0.2, -0.15) is 0 Å². The molecule has 20 heavy (non-hydrogen) atoms. The predicted octanol–water partition coefficient (Wildman–Crippen LogP) is 1.35. The maximum Gasteiger partial charge on any atom is 0.308 e. The van der Waals surface area contributed by atoms with Crippen LogP contribution in [0.25, 0.3) is 0 Å². The Morgan fingerprint density at radius 2 is 1.95 bits per heavy atom. The Balaban J connectivity index is 2.62. The SMILES string of the molecule is CCCC(CNC(=O)C(CN)c1ccccc1)C(=O)O. The van der Waals surface area contributed by atoms with Crippen LogP contribution in [0, 0.1) is 5.92 Å². The van der Waals surface area contributed by atoms with Crippen LogP contribution in [0.3, 0.4) is 0 Å². The van der Waals surface area contributed by atoms with Crippen molar-refractivity contribution in [1.82, 2.24) is 5.32 Å². The Labute approximate surface area is 119 Å².